The first-order valence-electron chi connectivity index (χ1n) is 36.8. The summed E-state index contributed by atoms with van der Waals surface area (Å²) in [5.74, 6) is -14.9. The number of nitrogens with one attached hydrogen (secondary N) is 13. The van der Waals surface area contributed by atoms with E-state index in [2.05, 4.69) is 94.0 Å². The molecule has 1 unspecified atom stereocenters. The molecule has 15 atom stereocenters. The fourth-order valence-electron chi connectivity index (χ4n) is 11.8. The molecule has 4 aromatic carbocycles. The first kappa shape index (κ1) is 93.2. The van der Waals surface area contributed by atoms with Gasteiger partial charge in [-0.05, 0) is 93.8 Å². The number of unbranched alkanes of at least 4 members (excludes halogenated alkanes) is 2. The Kier molecular flexibility index (Phi) is 40.0. The summed E-state index contributed by atoms with van der Waals surface area (Å²) in [6.07, 6.45) is -2.62. The maximum atomic E-state index is 15.3. The number of ketones is 1. The molecule has 36 nitrogen and oxygen atoms in total. The van der Waals surface area contributed by atoms with Gasteiger partial charge in [-0.1, -0.05) is 109 Å². The van der Waals surface area contributed by atoms with E-state index in [-0.39, 0.29) is 69.5 Å². The van der Waals surface area contributed by atoms with E-state index in [1.807, 2.05) is 0 Å². The number of aliphatic hydroxyl groups is 3. The summed E-state index contributed by atoms with van der Waals surface area (Å²) in [7, 11) is 0. The van der Waals surface area contributed by atoms with Crippen LogP contribution in [0.2, 0.25) is 0 Å². The highest BCUT2D eigenvalue weighted by molar-refractivity contribution is 7.80. The summed E-state index contributed by atoms with van der Waals surface area (Å²) in [6, 6.07) is 11.2. The first-order valence-corrected chi connectivity index (χ1v) is 38.0. The number of rotatable bonds is 51. The molecule has 0 bridgehead atoms. The number of hydrogen-bond acceptors (Lipinski definition) is 24. The number of aliphatic hydroxyl groups excluding tert-OH is 3. The zero-order valence-electron chi connectivity index (χ0n) is 62.7. The molecule has 5 rings (SSSR count). The van der Waals surface area contributed by atoms with Crippen molar-refractivity contribution in [1.29, 1.82) is 0 Å². The number of primary amides is 1. The molecule has 5 aromatic rings. The van der Waals surface area contributed by atoms with Crippen LogP contribution in [0.1, 0.15) is 81.0 Å². The highest BCUT2D eigenvalue weighted by Gasteiger charge is 2.40. The van der Waals surface area contributed by atoms with Gasteiger partial charge in [0.2, 0.25) is 70.9 Å². The second-order valence-corrected chi connectivity index (χ2v) is 27.8. The van der Waals surface area contributed by atoms with Crippen molar-refractivity contribution in [2.45, 2.75) is 175 Å². The van der Waals surface area contributed by atoms with Gasteiger partial charge in [-0.3, -0.25) is 67.1 Å². The molecule has 0 saturated heterocycles. The number of nitrogens with two attached hydrogens (primary N) is 5. The molecule has 616 valence electrons. The van der Waals surface area contributed by atoms with Gasteiger partial charge in [-0.15, -0.1) is 0 Å². The van der Waals surface area contributed by atoms with E-state index in [9.17, 15) is 73.2 Å². The van der Waals surface area contributed by atoms with Gasteiger partial charge in [0.15, 0.2) is 5.78 Å². The first-order chi connectivity index (χ1) is 53.9. The molecule has 1 heterocycles. The van der Waals surface area contributed by atoms with Crippen molar-refractivity contribution >= 4 is 119 Å². The minimum atomic E-state index is -1.93. The van der Waals surface area contributed by atoms with E-state index < -0.39 is 200 Å². The van der Waals surface area contributed by atoms with Gasteiger partial charge in [0, 0.05) is 60.8 Å². The molecular weight excluding hydrogens is 1510 g/mol. The summed E-state index contributed by atoms with van der Waals surface area (Å²) in [5.41, 5.74) is 31.3. The number of amides is 12. The molecule has 27 N–H and O–H groups in total. The number of aliphatic carboxylic acids is 1. The van der Waals surface area contributed by atoms with Crippen molar-refractivity contribution in [3.05, 3.63) is 144 Å². The summed E-state index contributed by atoms with van der Waals surface area (Å²) < 4.78 is 0. The van der Waals surface area contributed by atoms with Crippen LogP contribution < -0.4 is 92.5 Å². The van der Waals surface area contributed by atoms with Crippen LogP contribution in [0.25, 0.3) is 10.9 Å². The van der Waals surface area contributed by atoms with Crippen LogP contribution >= 0.6 is 25.3 Å². The Labute approximate surface area is 663 Å². The Morgan fingerprint density at radius 1 is 0.425 bits per heavy atom. The van der Waals surface area contributed by atoms with E-state index in [4.69, 9.17) is 28.7 Å². The van der Waals surface area contributed by atoms with E-state index in [0.717, 1.165) is 13.8 Å². The van der Waals surface area contributed by atoms with Crippen molar-refractivity contribution in [2.75, 3.05) is 44.3 Å². The average molecular weight is 1610 g/mol. The molecule has 0 aliphatic rings. The fourth-order valence-corrected chi connectivity index (χ4v) is 12.2. The van der Waals surface area contributed by atoms with Crippen molar-refractivity contribution in [3.63, 3.8) is 0 Å². The monoisotopic (exact) mass is 1610 g/mol. The standard InChI is InChI=1S/C75H106N18O18S2/c1-41(95)62(64(100)58(36-81-37-61(98)99)90-74(110)59(40-113)91-65(101)48(78)38-94)92-73(109)55(32-45-22-10-5-11-23-45)89-75(111)63(42(2)96)93-68(104)52(27-15-17-29-77)84-71(107)56(33-46-35-82-50-25-13-12-24-47(46)50)87-70(106)54(31-44-20-8-4-9-21-44)85-69(105)53(30-43-18-6-3-7-19-43)86-72(108)57(34-60(80)97)88-67(103)51(26-14-16-28-76)83-66(102)49(79)39-112/h3-13,18-25,35,41-42,48-49,51-59,62-63,81-82,94-96,112-113H,14-17,26-34,36-40,76-79H2,1-2H3,(H2,80,97)(H,83,102)(H,84,107)(H,85,105)(H,86,108)(H,87,106)(H,88,103)(H,89,111)(H,90,110)(H,91,101)(H,92,109)(H,93,104)(H,98,99)/t41-,42-,48+,49+,51+,52+,53+,54+,55+,56-,57+,58?,59+,62+,63+/m1/s1. The molecule has 113 heavy (non-hydrogen) atoms. The van der Waals surface area contributed by atoms with Crippen molar-refractivity contribution < 1.29 is 87.5 Å². The number of carbonyl (C=O) groups excluding carboxylic acids is 13. The Hall–Kier alpha value is -10.4. The maximum Gasteiger partial charge on any atom is 0.317 e. The van der Waals surface area contributed by atoms with Gasteiger partial charge in [0.1, 0.15) is 72.5 Å². The van der Waals surface area contributed by atoms with Crippen LogP contribution in [0.4, 0.5) is 0 Å². The number of fused-ring (bicyclic) bond motifs is 1. The number of Topliss-reactive ketones (excluding diaryl/α,β-unsaturated/α-hetero) is 1. The molecule has 0 aliphatic heterocycles. The normalized spacial score (nSPS) is 15.2. The lowest BCUT2D eigenvalue weighted by Gasteiger charge is -2.30. The highest BCUT2D eigenvalue weighted by Crippen LogP contribution is 2.21. The predicted molar refractivity (Wildman–Crippen MR) is 423 cm³/mol. The number of benzene rings is 4. The topological polar surface area (TPSA) is 610 Å². The van der Waals surface area contributed by atoms with Crippen LogP contribution in [0.3, 0.4) is 0 Å². The number of aromatic amines is 1. The lowest BCUT2D eigenvalue weighted by molar-refractivity contribution is -0.138. The number of hydrogen-bond donors (Lipinski definition) is 24. The van der Waals surface area contributed by atoms with Crippen molar-refractivity contribution in [1.82, 2.24) is 68.8 Å². The minimum Gasteiger partial charge on any atom is -0.480 e. The van der Waals surface area contributed by atoms with Crippen LogP contribution in [0.5, 0.6) is 0 Å². The molecule has 0 saturated carbocycles. The SMILES string of the molecule is C[C@@H](O)[C@H](NC(=O)[C@H](CCCCN)NC(=O)[C@@H](Cc1c[nH]c2ccccc12)NC(=O)[C@H](Cc1ccccc1)NC(=O)[C@H](Cc1ccccc1)NC(=O)[C@H](CC(N)=O)NC(=O)[C@H](CCCCN)NC(=O)[C@@H](N)CS)C(=O)N[C@@H](Cc1ccccc1)C(=O)N[C@H](C(=O)C(CNCC(=O)O)NC(=O)[C@H](CS)NC(=O)[C@@H](N)CO)[C@@H](C)O. The number of carboxylic acids is 1. The zero-order valence-corrected chi connectivity index (χ0v) is 64.5. The molecule has 0 fully saturated rings. The molecule has 0 aliphatic carbocycles. The predicted octanol–water partition coefficient (Wildman–Crippen LogP) is -5.58. The van der Waals surface area contributed by atoms with Crippen molar-refractivity contribution in [3.8, 4) is 0 Å². The average Bonchev–Trinajstić information content (AvgIpc) is 1.57. The summed E-state index contributed by atoms with van der Waals surface area (Å²) in [5, 5.41) is 72.3. The van der Waals surface area contributed by atoms with Crippen LogP contribution in [0.15, 0.2) is 121 Å². The second-order valence-electron chi connectivity index (χ2n) is 27.1. The van der Waals surface area contributed by atoms with E-state index >= 15 is 14.4 Å². The van der Waals surface area contributed by atoms with Crippen LogP contribution in [-0.2, 0) is 92.8 Å². The number of para-hydroxylation sites is 1. The smallest absolute Gasteiger partial charge is 0.317 e. The fraction of sp³-hybridized carbons (Fsp3) is 0.467. The van der Waals surface area contributed by atoms with Gasteiger partial charge >= 0.3 is 5.97 Å². The summed E-state index contributed by atoms with van der Waals surface area (Å²) in [4.78, 5) is 199. The highest BCUT2D eigenvalue weighted by atomic mass is 32.1. The Bertz CT molecular complexity index is 3980. The third-order valence-corrected chi connectivity index (χ3v) is 18.8. The number of carbonyl (C=O) groups is 14. The molecule has 12 amide bonds. The van der Waals surface area contributed by atoms with Gasteiger partial charge in [0.05, 0.1) is 37.8 Å². The molecule has 1 aromatic heterocycles. The van der Waals surface area contributed by atoms with Gasteiger partial charge in [0.25, 0.3) is 0 Å². The molecule has 38 heteroatoms. The maximum absolute atomic E-state index is 15.3. The lowest BCUT2D eigenvalue weighted by atomic mass is 9.98. The van der Waals surface area contributed by atoms with E-state index in [1.165, 1.54) is 0 Å². The zero-order chi connectivity index (χ0) is 83.3. The third kappa shape index (κ3) is 31.2. The lowest BCUT2D eigenvalue weighted by Crippen LogP contribution is -2.64. The minimum absolute atomic E-state index is 0.0423. The van der Waals surface area contributed by atoms with E-state index in [0.29, 0.717) is 52.4 Å². The second kappa shape index (κ2) is 48.5. The van der Waals surface area contributed by atoms with Crippen LogP contribution in [0, 0.1) is 0 Å². The molecule has 0 radical (unpaired) electrons. The third-order valence-electron chi connectivity index (χ3n) is 18.0. The molecule has 0 spiro atoms. The van der Waals surface area contributed by atoms with Gasteiger partial charge in [-0.2, -0.15) is 25.3 Å². The van der Waals surface area contributed by atoms with E-state index in [1.54, 1.807) is 121 Å². The quantitative estimate of drug-likeness (QED) is 0.0127. The largest absolute Gasteiger partial charge is 0.480 e. The number of thiol groups is 2. The Morgan fingerprint density at radius 3 is 1.25 bits per heavy atom. The van der Waals surface area contributed by atoms with Gasteiger partial charge < -0.3 is 118 Å². The van der Waals surface area contributed by atoms with Crippen molar-refractivity contribution in [2.24, 2.45) is 28.7 Å². The molecular formula is C75H106N18O18S2. The number of H-pyrrole nitrogens is 1. The van der Waals surface area contributed by atoms with Crippen LogP contribution in [-0.4, -0.2) is 243 Å². The summed E-state index contributed by atoms with van der Waals surface area (Å²) in [6.45, 7) is 0.487. The number of aromatic nitrogens is 1. The number of carboxylic acid groups (broad SMARTS) is 1. The van der Waals surface area contributed by atoms with Gasteiger partial charge in [-0.25, -0.2) is 0 Å². The summed E-state index contributed by atoms with van der Waals surface area (Å²) >= 11 is 8.18. The Morgan fingerprint density at radius 2 is 0.796 bits per heavy atom. The Balaban J connectivity index is 1.49.